The van der Waals surface area contributed by atoms with Crippen molar-refractivity contribution in [2.45, 2.75) is 12.0 Å². The first-order chi connectivity index (χ1) is 7.90. The lowest BCUT2D eigenvalue weighted by molar-refractivity contribution is -0.104. The van der Waals surface area contributed by atoms with Gasteiger partial charge in [0, 0.05) is 0 Å². The fraction of sp³-hybridized carbons (Fsp3) is 0.300. The van der Waals surface area contributed by atoms with E-state index in [1.807, 2.05) is 5.32 Å². The zero-order valence-corrected chi connectivity index (χ0v) is 9.57. The fourth-order valence-electron chi connectivity index (χ4n) is 1.53. The highest BCUT2D eigenvalue weighted by molar-refractivity contribution is 5.85. The number of hydrogen-bond donors (Lipinski definition) is 1. The summed E-state index contributed by atoms with van der Waals surface area (Å²) in [6.45, 7) is -1.09. The van der Waals surface area contributed by atoms with Gasteiger partial charge in [0.05, 0.1) is 0 Å². The second-order valence-electron chi connectivity index (χ2n) is 3.59. The van der Waals surface area contributed by atoms with Crippen LogP contribution in [0.4, 0.5) is 22.4 Å². The molecule has 0 unspecified atom stereocenters. The van der Waals surface area contributed by atoms with Gasteiger partial charge in [0.1, 0.15) is 6.04 Å². The predicted molar refractivity (Wildman–Crippen MR) is 55.8 cm³/mol. The van der Waals surface area contributed by atoms with E-state index in [4.69, 9.17) is 0 Å². The Morgan fingerprint density at radius 3 is 2.56 bits per heavy atom. The van der Waals surface area contributed by atoms with Crippen LogP contribution in [0.15, 0.2) is 18.2 Å². The SMILES string of the molecule is Cl.O=C1N[C@H](c2ccc(F)c(F)c2)C(F)(F)CO1. The molecule has 1 fully saturated rings. The van der Waals surface area contributed by atoms with Crippen molar-refractivity contribution in [1.29, 1.82) is 0 Å². The fourth-order valence-corrected chi connectivity index (χ4v) is 1.53. The molecule has 1 atom stereocenters. The van der Waals surface area contributed by atoms with Crippen LogP contribution in [0.25, 0.3) is 0 Å². The highest BCUT2D eigenvalue weighted by atomic mass is 35.5. The molecule has 8 heteroatoms. The zero-order valence-electron chi connectivity index (χ0n) is 8.75. The molecule has 0 bridgehead atoms. The normalized spacial score (nSPS) is 21.6. The van der Waals surface area contributed by atoms with E-state index in [1.165, 1.54) is 0 Å². The minimum atomic E-state index is -3.38. The summed E-state index contributed by atoms with van der Waals surface area (Å²) in [7, 11) is 0. The Labute approximate surface area is 106 Å². The molecule has 1 aromatic carbocycles. The minimum Gasteiger partial charge on any atom is -0.443 e. The first kappa shape index (κ1) is 14.6. The van der Waals surface area contributed by atoms with Crippen LogP contribution in [0.2, 0.25) is 0 Å². The van der Waals surface area contributed by atoms with Crippen molar-refractivity contribution < 1.29 is 27.1 Å². The molecule has 3 nitrogen and oxygen atoms in total. The number of rotatable bonds is 1. The Balaban J connectivity index is 0.00000162. The molecule has 1 aliphatic rings. The van der Waals surface area contributed by atoms with Crippen LogP contribution in [0.3, 0.4) is 0 Å². The van der Waals surface area contributed by atoms with Gasteiger partial charge in [0.15, 0.2) is 18.2 Å². The monoisotopic (exact) mass is 285 g/mol. The summed E-state index contributed by atoms with van der Waals surface area (Å²) in [6, 6.07) is 0.614. The summed E-state index contributed by atoms with van der Waals surface area (Å²) in [4.78, 5) is 10.9. The molecule has 100 valence electrons. The van der Waals surface area contributed by atoms with Crippen LogP contribution in [-0.4, -0.2) is 18.6 Å². The van der Waals surface area contributed by atoms with Gasteiger partial charge in [-0.2, -0.15) is 0 Å². The van der Waals surface area contributed by atoms with E-state index in [2.05, 4.69) is 4.74 Å². The number of benzene rings is 1. The summed E-state index contributed by atoms with van der Waals surface area (Å²) in [5.74, 6) is -5.77. The number of alkyl carbamates (subject to hydrolysis) is 1. The Morgan fingerprint density at radius 1 is 1.28 bits per heavy atom. The minimum absolute atomic E-state index is 0. The number of carbonyl (C=O) groups is 1. The summed E-state index contributed by atoms with van der Waals surface area (Å²) in [5.41, 5.74) is -0.217. The van der Waals surface area contributed by atoms with Gasteiger partial charge in [-0.3, -0.25) is 0 Å². The van der Waals surface area contributed by atoms with Crippen LogP contribution in [0.5, 0.6) is 0 Å². The number of halogens is 5. The van der Waals surface area contributed by atoms with E-state index in [0.29, 0.717) is 6.07 Å². The van der Waals surface area contributed by atoms with Gasteiger partial charge >= 0.3 is 12.0 Å². The Bertz CT molecular complexity index is 469. The maximum atomic E-state index is 13.4. The molecule has 1 aliphatic heterocycles. The van der Waals surface area contributed by atoms with Crippen molar-refractivity contribution in [3.05, 3.63) is 35.4 Å². The second kappa shape index (κ2) is 5.01. The molecule has 0 aliphatic carbocycles. The zero-order chi connectivity index (χ0) is 12.6. The maximum Gasteiger partial charge on any atom is 0.408 e. The van der Waals surface area contributed by atoms with Crippen LogP contribution in [0.1, 0.15) is 11.6 Å². The third kappa shape index (κ3) is 2.66. The standard InChI is InChI=1S/C10H7F4NO2.ClH/c11-6-2-1-5(3-7(6)12)8-10(13,14)4-17-9(16)15-8;/h1-3,8H,4H2,(H,15,16);1H/t8-;/m1./s1. The molecule has 1 saturated heterocycles. The molecule has 1 N–H and O–H groups in total. The summed E-state index contributed by atoms with van der Waals surface area (Å²) in [6.07, 6.45) is -1.02. The topological polar surface area (TPSA) is 38.3 Å². The van der Waals surface area contributed by atoms with Crippen LogP contribution < -0.4 is 5.32 Å². The van der Waals surface area contributed by atoms with Gasteiger partial charge in [-0.05, 0) is 17.7 Å². The van der Waals surface area contributed by atoms with E-state index < -0.39 is 36.3 Å². The van der Waals surface area contributed by atoms with Crippen LogP contribution in [-0.2, 0) is 4.74 Å². The first-order valence-corrected chi connectivity index (χ1v) is 4.66. The van der Waals surface area contributed by atoms with Gasteiger partial charge in [0.25, 0.3) is 0 Å². The highest BCUT2D eigenvalue weighted by Gasteiger charge is 2.46. The molecule has 1 heterocycles. The van der Waals surface area contributed by atoms with Gasteiger partial charge < -0.3 is 10.1 Å². The highest BCUT2D eigenvalue weighted by Crippen LogP contribution is 2.34. The number of cyclic esters (lactones) is 1. The number of nitrogens with one attached hydrogen (secondary N) is 1. The number of ether oxygens (including phenoxy) is 1. The largest absolute Gasteiger partial charge is 0.443 e. The third-order valence-corrected chi connectivity index (χ3v) is 2.36. The average Bonchev–Trinajstić information content (AvgIpc) is 2.26. The van der Waals surface area contributed by atoms with Gasteiger partial charge in [-0.25, -0.2) is 22.4 Å². The molecule has 0 spiro atoms. The van der Waals surface area contributed by atoms with E-state index in [1.54, 1.807) is 0 Å². The molecular weight excluding hydrogens is 278 g/mol. The second-order valence-corrected chi connectivity index (χ2v) is 3.59. The summed E-state index contributed by atoms with van der Waals surface area (Å²) in [5, 5.41) is 1.87. The molecule has 18 heavy (non-hydrogen) atoms. The first-order valence-electron chi connectivity index (χ1n) is 4.66. The Hall–Kier alpha value is -1.50. The van der Waals surface area contributed by atoms with Crippen LogP contribution >= 0.6 is 12.4 Å². The van der Waals surface area contributed by atoms with Gasteiger partial charge in [-0.15, -0.1) is 12.4 Å². The lowest BCUT2D eigenvalue weighted by Gasteiger charge is -2.31. The lowest BCUT2D eigenvalue weighted by Crippen LogP contribution is -2.49. The molecule has 0 saturated carbocycles. The summed E-state index contributed by atoms with van der Waals surface area (Å²) < 4.78 is 56.5. The van der Waals surface area contributed by atoms with Crippen molar-refractivity contribution in [2.75, 3.05) is 6.61 Å². The molecule has 1 amide bonds. The molecule has 1 aromatic rings. The average molecular weight is 286 g/mol. The summed E-state index contributed by atoms with van der Waals surface area (Å²) >= 11 is 0. The third-order valence-electron chi connectivity index (χ3n) is 2.36. The van der Waals surface area contributed by atoms with Crippen molar-refractivity contribution in [3.8, 4) is 0 Å². The Kier molecular flexibility index (Phi) is 4.05. The molecular formula is C10H8ClF4NO2. The molecule has 2 rings (SSSR count). The predicted octanol–water partition coefficient (Wildman–Crippen LogP) is 2.80. The van der Waals surface area contributed by atoms with E-state index >= 15 is 0 Å². The van der Waals surface area contributed by atoms with Gasteiger partial charge in [0.2, 0.25) is 0 Å². The number of hydrogen-bond acceptors (Lipinski definition) is 2. The quantitative estimate of drug-likeness (QED) is 0.806. The molecule has 0 aromatic heterocycles. The smallest absolute Gasteiger partial charge is 0.408 e. The number of amides is 1. The van der Waals surface area contributed by atoms with Gasteiger partial charge in [-0.1, -0.05) is 6.07 Å². The van der Waals surface area contributed by atoms with E-state index in [0.717, 1.165) is 12.1 Å². The lowest BCUT2D eigenvalue weighted by atomic mass is 10.00. The van der Waals surface area contributed by atoms with Crippen molar-refractivity contribution in [1.82, 2.24) is 5.32 Å². The van der Waals surface area contributed by atoms with Crippen molar-refractivity contribution in [2.24, 2.45) is 0 Å². The number of carbonyl (C=O) groups excluding carboxylic acids is 1. The maximum absolute atomic E-state index is 13.4. The van der Waals surface area contributed by atoms with Crippen molar-refractivity contribution in [3.63, 3.8) is 0 Å². The Morgan fingerprint density at radius 2 is 1.94 bits per heavy atom. The van der Waals surface area contributed by atoms with E-state index in [9.17, 15) is 22.4 Å². The van der Waals surface area contributed by atoms with Crippen LogP contribution in [0, 0.1) is 11.6 Å². The van der Waals surface area contributed by atoms with Crippen molar-refractivity contribution >= 4 is 18.5 Å². The van der Waals surface area contributed by atoms with E-state index in [-0.39, 0.29) is 18.0 Å². The molecule has 0 radical (unpaired) electrons. The number of alkyl halides is 2.